The molecule has 1 aliphatic heterocycles. The summed E-state index contributed by atoms with van der Waals surface area (Å²) in [4.78, 5) is 51.7. The zero-order valence-corrected chi connectivity index (χ0v) is 21.6. The van der Waals surface area contributed by atoms with Gasteiger partial charge in [0.15, 0.2) is 5.12 Å². The molecule has 0 radical (unpaired) electrons. The van der Waals surface area contributed by atoms with Gasteiger partial charge in [0.25, 0.3) is 6.20 Å². The molecule has 3 rings (SSSR count). The molecule has 2 atom stereocenters. The van der Waals surface area contributed by atoms with Gasteiger partial charge in [-0.05, 0) is 0 Å². The van der Waals surface area contributed by atoms with Crippen LogP contribution < -0.4 is 9.80 Å². The summed E-state index contributed by atoms with van der Waals surface area (Å²) in [5.41, 5.74) is 0.632. The Morgan fingerprint density at radius 2 is 1.69 bits per heavy atom. The lowest BCUT2D eigenvalue weighted by Gasteiger charge is -2.31. The van der Waals surface area contributed by atoms with Crippen LogP contribution in [0.2, 0.25) is 0 Å². The molecule has 0 N–H and O–H groups in total. The van der Waals surface area contributed by atoms with Crippen LogP contribution in [0.4, 0.5) is 5.88 Å². The van der Waals surface area contributed by atoms with Gasteiger partial charge in [-0.3, -0.25) is 14.4 Å². The number of benzene rings is 1. The second-order valence-electron chi connectivity index (χ2n) is 8.26. The Balaban J connectivity index is 1.43. The number of thioether (sulfide) groups is 2. The minimum atomic E-state index is -0.417. The van der Waals surface area contributed by atoms with E-state index in [0.29, 0.717) is 43.2 Å². The fourth-order valence-electron chi connectivity index (χ4n) is 3.31. The number of nitrogens with zero attached hydrogens (tertiary/aromatic N) is 5. The van der Waals surface area contributed by atoms with Gasteiger partial charge in [0.2, 0.25) is 16.3 Å². The molecular formula is C23H29N5O5S2. The van der Waals surface area contributed by atoms with Crippen molar-refractivity contribution in [2.75, 3.05) is 42.7 Å². The Labute approximate surface area is 212 Å². The topological polar surface area (TPSA) is 119 Å². The minimum Gasteiger partial charge on any atom is -0.588 e. The van der Waals surface area contributed by atoms with E-state index in [1.54, 1.807) is 24.0 Å². The van der Waals surface area contributed by atoms with Crippen LogP contribution >= 0.6 is 23.5 Å². The van der Waals surface area contributed by atoms with Crippen molar-refractivity contribution in [3.8, 4) is 0 Å². The van der Waals surface area contributed by atoms with Crippen LogP contribution in [0, 0.1) is 11.8 Å². The van der Waals surface area contributed by atoms with E-state index in [0.717, 1.165) is 23.5 Å². The first-order chi connectivity index (χ1) is 16.7. The first-order valence-corrected chi connectivity index (χ1v) is 13.3. The number of amides is 2. The molecule has 12 heteroatoms. The van der Waals surface area contributed by atoms with Crippen molar-refractivity contribution in [2.45, 2.75) is 20.8 Å². The molecule has 2 heterocycles. The molecule has 0 unspecified atom stereocenters. The molecule has 1 aromatic heterocycles. The summed E-state index contributed by atoms with van der Waals surface area (Å²) < 4.78 is 5.16. The quantitative estimate of drug-likeness (QED) is 0.460. The summed E-state index contributed by atoms with van der Waals surface area (Å²) in [6.45, 7) is 7.08. The van der Waals surface area contributed by atoms with Crippen LogP contribution in [0.1, 0.15) is 31.1 Å². The maximum atomic E-state index is 12.8. The van der Waals surface area contributed by atoms with Gasteiger partial charge in [-0.2, -0.15) is 0 Å². The largest absolute Gasteiger partial charge is 0.588 e. The van der Waals surface area contributed by atoms with E-state index in [4.69, 9.17) is 4.52 Å². The molecular weight excluding hydrogens is 490 g/mol. The molecule has 2 aromatic rings. The number of carbonyl (C=O) groups excluding carboxylic acids is 4. The molecule has 0 aliphatic carbocycles. The third-order valence-corrected chi connectivity index (χ3v) is 7.61. The summed E-state index contributed by atoms with van der Waals surface area (Å²) in [5, 5.41) is 9.68. The Kier molecular flexibility index (Phi) is 9.73. The summed E-state index contributed by atoms with van der Waals surface area (Å²) in [6, 6.07) is 9.04. The fraction of sp³-hybridized carbons (Fsp3) is 0.478. The highest BCUT2D eigenvalue weighted by Crippen LogP contribution is 2.21. The molecule has 188 valence electrons. The molecule has 2 amide bonds. The molecule has 10 nitrogen and oxygen atoms in total. The zero-order valence-electron chi connectivity index (χ0n) is 20.0. The predicted molar refractivity (Wildman–Crippen MR) is 134 cm³/mol. The molecule has 0 saturated carbocycles. The molecule has 1 aromatic carbocycles. The lowest BCUT2D eigenvalue weighted by molar-refractivity contribution is -0.759. The number of hydrogen-bond acceptors (Lipinski definition) is 9. The van der Waals surface area contributed by atoms with Gasteiger partial charge in [-0.1, -0.05) is 67.7 Å². The SMILES string of the molecule is CC(=O)SC[C@@H](C)C(=O)[N-]c1c[n+](N2CCN(C(=O)[C@H](C)CSC(=O)c3ccccc3)CC2)no1. The normalized spacial score (nSPS) is 15.4. The van der Waals surface area contributed by atoms with Crippen molar-refractivity contribution in [2.24, 2.45) is 11.8 Å². The van der Waals surface area contributed by atoms with Gasteiger partial charge in [0.1, 0.15) is 5.88 Å². The summed E-state index contributed by atoms with van der Waals surface area (Å²) in [5.74, 6) is -0.191. The van der Waals surface area contributed by atoms with Crippen LogP contribution in [-0.4, -0.2) is 69.9 Å². The third kappa shape index (κ3) is 7.82. The summed E-state index contributed by atoms with van der Waals surface area (Å²) in [6.07, 6.45) is 1.52. The van der Waals surface area contributed by atoms with Crippen LogP contribution in [0.5, 0.6) is 0 Å². The lowest BCUT2D eigenvalue weighted by Crippen LogP contribution is -2.66. The third-order valence-electron chi connectivity index (χ3n) is 5.38. The fourth-order valence-corrected chi connectivity index (χ4v) is 4.78. The van der Waals surface area contributed by atoms with Crippen LogP contribution in [-0.2, 0) is 14.4 Å². The Hall–Kier alpha value is -2.86. The molecule has 1 saturated heterocycles. The smallest absolute Gasteiger partial charge is 0.257 e. The first-order valence-electron chi connectivity index (χ1n) is 11.3. The monoisotopic (exact) mass is 519 g/mol. The molecule has 1 aliphatic rings. The summed E-state index contributed by atoms with van der Waals surface area (Å²) in [7, 11) is 0. The van der Waals surface area contributed by atoms with Gasteiger partial charge in [-0.15, -0.1) is 5.01 Å². The van der Waals surface area contributed by atoms with Crippen LogP contribution in [0.3, 0.4) is 0 Å². The molecule has 35 heavy (non-hydrogen) atoms. The van der Waals surface area contributed by atoms with Gasteiger partial charge in [-0.25, -0.2) is 0 Å². The van der Waals surface area contributed by atoms with E-state index >= 15 is 0 Å². The maximum absolute atomic E-state index is 12.8. The maximum Gasteiger partial charge on any atom is 0.257 e. The zero-order chi connectivity index (χ0) is 25.4. The van der Waals surface area contributed by atoms with Crippen LogP contribution in [0.25, 0.3) is 5.32 Å². The number of rotatable bonds is 9. The van der Waals surface area contributed by atoms with Crippen molar-refractivity contribution in [3.05, 3.63) is 47.4 Å². The molecule has 0 spiro atoms. The second-order valence-corrected chi connectivity index (χ2v) is 10.4. The summed E-state index contributed by atoms with van der Waals surface area (Å²) >= 11 is 2.25. The average molecular weight is 520 g/mol. The molecule has 1 fully saturated rings. The Morgan fingerprint density at radius 3 is 2.34 bits per heavy atom. The minimum absolute atomic E-state index is 0.0156. The van der Waals surface area contributed by atoms with E-state index < -0.39 is 5.92 Å². The van der Waals surface area contributed by atoms with Gasteiger partial charge < -0.3 is 19.5 Å². The van der Waals surface area contributed by atoms with Crippen LogP contribution in [0.15, 0.2) is 41.1 Å². The van der Waals surface area contributed by atoms with Crippen molar-refractivity contribution >= 4 is 51.5 Å². The Morgan fingerprint density at radius 1 is 1.03 bits per heavy atom. The van der Waals surface area contributed by atoms with E-state index in [1.165, 1.54) is 17.9 Å². The standard InChI is InChI=1S/C23H29N5O5S2/c1-16(14-34-18(3)29)21(30)24-20-13-28(25-33-20)27-11-9-26(10-12-27)22(31)17(2)15-35-23(32)19-7-5-4-6-8-19/h4-8,13,16-17H,9-12,14-15H2,1-3H3/t16-,17-/m1/s1. The van der Waals surface area contributed by atoms with Crippen molar-refractivity contribution in [3.63, 3.8) is 0 Å². The van der Waals surface area contributed by atoms with E-state index in [2.05, 4.69) is 10.6 Å². The number of hydrogen-bond donors (Lipinski definition) is 0. The highest BCUT2D eigenvalue weighted by molar-refractivity contribution is 8.14. The predicted octanol–water partition coefficient (Wildman–Crippen LogP) is 2.40. The van der Waals surface area contributed by atoms with Crippen molar-refractivity contribution in [1.82, 2.24) is 10.2 Å². The van der Waals surface area contributed by atoms with Gasteiger partial charge in [0, 0.05) is 48.9 Å². The Bertz CT molecular complexity index is 1040. The van der Waals surface area contributed by atoms with E-state index in [-0.39, 0.29) is 33.8 Å². The molecule has 0 bridgehead atoms. The first kappa shape index (κ1) is 26.7. The number of aromatic nitrogens is 2. The highest BCUT2D eigenvalue weighted by atomic mass is 32.2. The number of carbonyl (C=O) groups is 4. The van der Waals surface area contributed by atoms with Gasteiger partial charge in [0.05, 0.1) is 23.8 Å². The van der Waals surface area contributed by atoms with E-state index in [9.17, 15) is 19.2 Å². The highest BCUT2D eigenvalue weighted by Gasteiger charge is 2.29. The number of piperazine rings is 1. The van der Waals surface area contributed by atoms with Crippen molar-refractivity contribution in [1.29, 1.82) is 0 Å². The second kappa shape index (κ2) is 12.7. The average Bonchev–Trinajstić information content (AvgIpc) is 3.34. The lowest BCUT2D eigenvalue weighted by atomic mass is 10.1. The van der Waals surface area contributed by atoms with Crippen molar-refractivity contribution < 1.29 is 28.5 Å². The van der Waals surface area contributed by atoms with Gasteiger partial charge >= 0.3 is 0 Å². The van der Waals surface area contributed by atoms with E-state index in [1.807, 2.05) is 30.1 Å².